The van der Waals surface area contributed by atoms with Crippen molar-refractivity contribution in [3.63, 3.8) is 0 Å². The van der Waals surface area contributed by atoms with Crippen molar-refractivity contribution in [2.45, 2.75) is 38.5 Å². The van der Waals surface area contributed by atoms with Crippen molar-refractivity contribution in [3.05, 3.63) is 0 Å². The minimum absolute atomic E-state index is 0.00725. The lowest BCUT2D eigenvalue weighted by molar-refractivity contribution is -0.144. The van der Waals surface area contributed by atoms with Crippen LogP contribution in [0.1, 0.15) is 38.5 Å². The van der Waals surface area contributed by atoms with E-state index in [-0.39, 0.29) is 5.92 Å². The molecule has 2 heteroatoms. The van der Waals surface area contributed by atoms with Crippen LogP contribution in [0.2, 0.25) is 0 Å². The number of carboxylic acids is 1. The number of carboxylic acid groups (broad SMARTS) is 1. The highest BCUT2D eigenvalue weighted by atomic mass is 16.4. The first-order chi connectivity index (χ1) is 6.21. The zero-order valence-corrected chi connectivity index (χ0v) is 7.83. The maximum atomic E-state index is 11.0. The summed E-state index contributed by atoms with van der Waals surface area (Å²) in [6, 6.07) is 0. The molecule has 0 saturated heterocycles. The summed E-state index contributed by atoms with van der Waals surface area (Å²) in [6.07, 6.45) is 7.30. The molecule has 0 aromatic carbocycles. The molecule has 4 aliphatic rings. The highest BCUT2D eigenvalue weighted by molar-refractivity contribution is 5.70. The molecule has 4 saturated carbocycles. The van der Waals surface area contributed by atoms with Gasteiger partial charge in [0.15, 0.2) is 0 Å². The molecule has 4 fully saturated rings. The van der Waals surface area contributed by atoms with E-state index in [4.69, 9.17) is 5.11 Å². The SMILES string of the molecule is O=C(O)[C@@H]1CCC23CC[C@@H]1CC2C3. The van der Waals surface area contributed by atoms with Crippen molar-refractivity contribution in [3.8, 4) is 0 Å². The van der Waals surface area contributed by atoms with Gasteiger partial charge in [0.2, 0.25) is 0 Å². The molecule has 0 amide bonds. The standard InChI is InChI=1S/C11H16O2/c12-10(13)9-2-4-11-3-1-7(9)5-8(11)6-11/h7-9H,1-6H2,(H,12,13)/t7-,8?,9-,11?/m1/s1. The fraction of sp³-hybridized carbons (Fsp3) is 0.909. The first kappa shape index (κ1) is 7.84. The topological polar surface area (TPSA) is 37.3 Å². The van der Waals surface area contributed by atoms with Crippen molar-refractivity contribution < 1.29 is 9.90 Å². The second-order valence-electron chi connectivity index (χ2n) is 5.28. The van der Waals surface area contributed by atoms with E-state index in [1.807, 2.05) is 0 Å². The normalized spacial score (nSPS) is 52.5. The van der Waals surface area contributed by atoms with Gasteiger partial charge >= 0.3 is 5.97 Å². The van der Waals surface area contributed by atoms with Crippen LogP contribution in [-0.4, -0.2) is 11.1 Å². The Morgan fingerprint density at radius 3 is 2.77 bits per heavy atom. The summed E-state index contributed by atoms with van der Waals surface area (Å²) in [7, 11) is 0. The lowest BCUT2D eigenvalue weighted by Crippen LogP contribution is -2.23. The number of hydrogen-bond acceptors (Lipinski definition) is 1. The maximum absolute atomic E-state index is 11.0. The van der Waals surface area contributed by atoms with E-state index in [0.717, 1.165) is 12.3 Å². The van der Waals surface area contributed by atoms with Crippen molar-refractivity contribution in [1.29, 1.82) is 0 Å². The van der Waals surface area contributed by atoms with Gasteiger partial charge in [-0.25, -0.2) is 0 Å². The zero-order chi connectivity index (χ0) is 9.05. The largest absolute Gasteiger partial charge is 0.481 e. The summed E-state index contributed by atoms with van der Waals surface area (Å²) in [5, 5.41) is 9.08. The van der Waals surface area contributed by atoms with Gasteiger partial charge in [-0.1, -0.05) is 0 Å². The van der Waals surface area contributed by atoms with Crippen LogP contribution in [0.15, 0.2) is 0 Å². The molecule has 0 aromatic heterocycles. The van der Waals surface area contributed by atoms with Gasteiger partial charge in [0, 0.05) is 0 Å². The molecule has 0 aromatic rings. The molecule has 1 N–H and O–H groups in total. The molecule has 0 heterocycles. The van der Waals surface area contributed by atoms with E-state index >= 15 is 0 Å². The third kappa shape index (κ3) is 0.976. The van der Waals surface area contributed by atoms with Crippen molar-refractivity contribution in [1.82, 2.24) is 0 Å². The van der Waals surface area contributed by atoms with Crippen molar-refractivity contribution >= 4 is 5.97 Å². The molecule has 4 aliphatic carbocycles. The Bertz CT molecular complexity index is 261. The van der Waals surface area contributed by atoms with Crippen LogP contribution in [0.25, 0.3) is 0 Å². The molecule has 13 heavy (non-hydrogen) atoms. The van der Waals surface area contributed by atoms with Gasteiger partial charge in [-0.15, -0.1) is 0 Å². The average Bonchev–Trinajstić information content (AvgIpc) is 2.78. The number of aliphatic carboxylic acids is 1. The summed E-state index contributed by atoms with van der Waals surface area (Å²) in [5.74, 6) is 0.881. The van der Waals surface area contributed by atoms with E-state index in [9.17, 15) is 4.79 Å². The highest BCUT2D eigenvalue weighted by Gasteiger charge is 2.59. The second-order valence-corrected chi connectivity index (χ2v) is 5.28. The first-order valence-corrected chi connectivity index (χ1v) is 5.44. The molecular formula is C11H16O2. The summed E-state index contributed by atoms with van der Waals surface area (Å²) in [4.78, 5) is 11.0. The first-order valence-electron chi connectivity index (χ1n) is 5.44. The summed E-state index contributed by atoms with van der Waals surface area (Å²) in [5.41, 5.74) is 0.640. The van der Waals surface area contributed by atoms with E-state index in [0.29, 0.717) is 11.3 Å². The second kappa shape index (κ2) is 2.28. The Kier molecular flexibility index (Phi) is 1.38. The van der Waals surface area contributed by atoms with Crippen LogP contribution in [0, 0.1) is 23.2 Å². The van der Waals surface area contributed by atoms with Gasteiger partial charge in [0.05, 0.1) is 5.92 Å². The van der Waals surface area contributed by atoms with Crippen LogP contribution in [-0.2, 0) is 4.79 Å². The summed E-state index contributed by atoms with van der Waals surface area (Å²) >= 11 is 0. The molecule has 1 spiro atoms. The van der Waals surface area contributed by atoms with Gasteiger partial charge in [0.1, 0.15) is 0 Å². The van der Waals surface area contributed by atoms with Gasteiger partial charge in [-0.05, 0) is 55.8 Å². The number of fused-ring (bicyclic) bond motifs is 3. The lowest BCUT2D eigenvalue weighted by Gasteiger charge is -2.24. The predicted molar refractivity (Wildman–Crippen MR) is 48.2 cm³/mol. The molecule has 4 atom stereocenters. The fourth-order valence-electron chi connectivity index (χ4n) is 3.83. The number of carbonyl (C=O) groups is 1. The smallest absolute Gasteiger partial charge is 0.306 e. The fourth-order valence-corrected chi connectivity index (χ4v) is 3.83. The van der Waals surface area contributed by atoms with Crippen LogP contribution < -0.4 is 0 Å². The minimum Gasteiger partial charge on any atom is -0.481 e. The molecule has 2 bridgehead atoms. The van der Waals surface area contributed by atoms with Crippen LogP contribution in [0.5, 0.6) is 0 Å². The van der Waals surface area contributed by atoms with Crippen LogP contribution in [0.4, 0.5) is 0 Å². The molecule has 4 rings (SSSR count). The zero-order valence-electron chi connectivity index (χ0n) is 7.83. The Balaban J connectivity index is 1.86. The van der Waals surface area contributed by atoms with Crippen LogP contribution >= 0.6 is 0 Å². The Morgan fingerprint density at radius 1 is 1.31 bits per heavy atom. The minimum atomic E-state index is -0.539. The van der Waals surface area contributed by atoms with E-state index in [2.05, 4.69) is 0 Å². The lowest BCUT2D eigenvalue weighted by atomic mass is 9.80. The maximum Gasteiger partial charge on any atom is 0.306 e. The molecule has 2 unspecified atom stereocenters. The molecular weight excluding hydrogens is 164 g/mol. The third-order valence-corrected chi connectivity index (χ3v) is 4.80. The van der Waals surface area contributed by atoms with Crippen LogP contribution in [0.3, 0.4) is 0 Å². The molecule has 0 radical (unpaired) electrons. The number of hydrogen-bond donors (Lipinski definition) is 1. The Hall–Kier alpha value is -0.530. The monoisotopic (exact) mass is 180 g/mol. The highest BCUT2D eigenvalue weighted by Crippen LogP contribution is 2.68. The molecule has 0 aliphatic heterocycles. The number of rotatable bonds is 1. The molecule has 72 valence electrons. The van der Waals surface area contributed by atoms with E-state index < -0.39 is 5.97 Å². The molecule has 2 nitrogen and oxygen atoms in total. The van der Waals surface area contributed by atoms with Gasteiger partial charge in [-0.3, -0.25) is 4.79 Å². The quantitative estimate of drug-likeness (QED) is 0.672. The summed E-state index contributed by atoms with van der Waals surface area (Å²) in [6.45, 7) is 0. The van der Waals surface area contributed by atoms with E-state index in [1.54, 1.807) is 0 Å². The average molecular weight is 180 g/mol. The van der Waals surface area contributed by atoms with Gasteiger partial charge in [-0.2, -0.15) is 0 Å². The van der Waals surface area contributed by atoms with Gasteiger partial charge < -0.3 is 5.11 Å². The Morgan fingerprint density at radius 2 is 2.08 bits per heavy atom. The van der Waals surface area contributed by atoms with Crippen molar-refractivity contribution in [2.75, 3.05) is 0 Å². The summed E-state index contributed by atoms with van der Waals surface area (Å²) < 4.78 is 0. The van der Waals surface area contributed by atoms with Gasteiger partial charge in [0.25, 0.3) is 0 Å². The van der Waals surface area contributed by atoms with E-state index in [1.165, 1.54) is 32.1 Å². The third-order valence-electron chi connectivity index (χ3n) is 4.80. The Labute approximate surface area is 78.3 Å². The van der Waals surface area contributed by atoms with Crippen molar-refractivity contribution in [2.24, 2.45) is 23.2 Å². The predicted octanol–water partition coefficient (Wildman–Crippen LogP) is 2.29.